The van der Waals surface area contributed by atoms with E-state index in [-0.39, 0.29) is 11.9 Å². The van der Waals surface area contributed by atoms with Crippen molar-refractivity contribution in [3.8, 4) is 0 Å². The number of rotatable bonds is 2. The molecule has 0 bridgehead atoms. The standard InChI is InChI=1S/C11H11Cl2NO.C2H6.CH3Cl/c12-11(13)7-9(14-10(11)15)6-8-4-2-1-3-5-8;2*1-2/h1-5,9H,6-7H2,(H,14,15);1-2H3;1H3. The Labute approximate surface area is 130 Å². The first-order valence-electron chi connectivity index (χ1n) is 6.18. The van der Waals surface area contributed by atoms with Gasteiger partial charge in [0.2, 0.25) is 0 Å². The number of carbonyl (C=O) groups excluding carboxylic acids is 1. The minimum absolute atomic E-state index is 0.0369. The van der Waals surface area contributed by atoms with E-state index < -0.39 is 4.33 Å². The van der Waals surface area contributed by atoms with Crippen LogP contribution in [0.15, 0.2) is 30.3 Å². The summed E-state index contributed by atoms with van der Waals surface area (Å²) in [5.41, 5.74) is 1.17. The van der Waals surface area contributed by atoms with Crippen molar-refractivity contribution in [3.63, 3.8) is 0 Å². The number of hydrogen-bond acceptors (Lipinski definition) is 1. The molecule has 1 N–H and O–H groups in total. The van der Waals surface area contributed by atoms with Crippen LogP contribution in [0.5, 0.6) is 0 Å². The molecule has 0 radical (unpaired) electrons. The SMILES string of the molecule is CC.CCl.O=C1NC(Cc2ccccc2)CC1(Cl)Cl. The van der Waals surface area contributed by atoms with Crippen molar-refractivity contribution in [3.05, 3.63) is 35.9 Å². The highest BCUT2D eigenvalue weighted by Gasteiger charge is 2.43. The zero-order valence-corrected chi connectivity index (χ0v) is 13.7. The van der Waals surface area contributed by atoms with Gasteiger partial charge in [-0.1, -0.05) is 67.4 Å². The Kier molecular flexibility index (Phi) is 9.24. The van der Waals surface area contributed by atoms with Crippen LogP contribution in [0.25, 0.3) is 0 Å². The lowest BCUT2D eigenvalue weighted by molar-refractivity contribution is -0.119. The quantitative estimate of drug-likeness (QED) is 0.813. The predicted octanol–water partition coefficient (Wildman–Crippen LogP) is 4.17. The highest BCUT2D eigenvalue weighted by atomic mass is 35.5. The van der Waals surface area contributed by atoms with Crippen LogP contribution in [-0.2, 0) is 11.2 Å². The summed E-state index contributed by atoms with van der Waals surface area (Å²) >= 11 is 16.3. The molecule has 1 aromatic rings. The summed E-state index contributed by atoms with van der Waals surface area (Å²) in [7, 11) is 0. The van der Waals surface area contributed by atoms with Gasteiger partial charge in [-0.05, 0) is 12.0 Å². The van der Waals surface area contributed by atoms with Crippen molar-refractivity contribution >= 4 is 40.7 Å². The Bertz CT molecular complexity index is 368. The number of halogens is 3. The lowest BCUT2D eigenvalue weighted by Gasteiger charge is -2.09. The van der Waals surface area contributed by atoms with Crippen LogP contribution in [0.3, 0.4) is 0 Å². The first kappa shape index (κ1) is 18.6. The zero-order chi connectivity index (χ0) is 14.9. The van der Waals surface area contributed by atoms with Crippen LogP contribution in [0.1, 0.15) is 25.8 Å². The Morgan fingerprint density at radius 2 is 1.74 bits per heavy atom. The van der Waals surface area contributed by atoms with E-state index >= 15 is 0 Å². The van der Waals surface area contributed by atoms with E-state index in [1.165, 1.54) is 11.9 Å². The van der Waals surface area contributed by atoms with Crippen LogP contribution < -0.4 is 5.32 Å². The first-order valence-corrected chi connectivity index (χ1v) is 7.69. The molecular weight excluding hydrogens is 305 g/mol. The van der Waals surface area contributed by atoms with Crippen molar-refractivity contribution in [2.24, 2.45) is 0 Å². The number of alkyl halides is 3. The van der Waals surface area contributed by atoms with Gasteiger partial charge < -0.3 is 5.32 Å². The van der Waals surface area contributed by atoms with Gasteiger partial charge >= 0.3 is 0 Å². The topological polar surface area (TPSA) is 29.1 Å². The van der Waals surface area contributed by atoms with Crippen LogP contribution in [-0.4, -0.2) is 22.7 Å². The molecule has 1 aliphatic rings. The molecular formula is C14H20Cl3NO. The summed E-state index contributed by atoms with van der Waals surface area (Å²) in [6.07, 6.45) is 2.71. The van der Waals surface area contributed by atoms with E-state index in [9.17, 15) is 4.79 Å². The second-order valence-corrected chi connectivity index (χ2v) is 5.25. The van der Waals surface area contributed by atoms with Crippen LogP contribution >= 0.6 is 34.8 Å². The predicted molar refractivity (Wildman–Crippen MR) is 84.3 cm³/mol. The van der Waals surface area contributed by atoms with Crippen LogP contribution in [0, 0.1) is 0 Å². The molecule has 19 heavy (non-hydrogen) atoms. The molecule has 108 valence electrons. The van der Waals surface area contributed by atoms with Gasteiger partial charge in [-0.2, -0.15) is 0 Å². The van der Waals surface area contributed by atoms with Gasteiger partial charge in [0.15, 0.2) is 4.33 Å². The van der Waals surface area contributed by atoms with Crippen molar-refractivity contribution < 1.29 is 4.79 Å². The molecule has 1 amide bonds. The van der Waals surface area contributed by atoms with Crippen molar-refractivity contribution in [2.45, 2.75) is 37.1 Å². The second kappa shape index (κ2) is 9.46. The molecule has 2 nitrogen and oxygen atoms in total. The van der Waals surface area contributed by atoms with Gasteiger partial charge in [0, 0.05) is 18.8 Å². The van der Waals surface area contributed by atoms with Crippen molar-refractivity contribution in [1.29, 1.82) is 0 Å². The third kappa shape index (κ3) is 6.03. The molecule has 1 unspecified atom stereocenters. The molecule has 1 aliphatic heterocycles. The Balaban J connectivity index is 0.000000741. The molecule has 5 heteroatoms. The van der Waals surface area contributed by atoms with Gasteiger partial charge in [-0.15, -0.1) is 11.6 Å². The Morgan fingerprint density at radius 1 is 1.21 bits per heavy atom. The number of benzene rings is 1. The molecule has 0 aromatic heterocycles. The Morgan fingerprint density at radius 3 is 2.16 bits per heavy atom. The second-order valence-electron chi connectivity index (χ2n) is 3.77. The van der Waals surface area contributed by atoms with E-state index in [2.05, 4.69) is 16.9 Å². The Hall–Kier alpha value is -0.440. The van der Waals surface area contributed by atoms with Crippen LogP contribution in [0.2, 0.25) is 0 Å². The van der Waals surface area contributed by atoms with E-state index in [0.29, 0.717) is 6.42 Å². The molecule has 1 atom stereocenters. The number of carbonyl (C=O) groups is 1. The molecule has 0 saturated carbocycles. The minimum atomic E-state index is -1.25. The summed E-state index contributed by atoms with van der Waals surface area (Å²) in [5.74, 6) is -0.285. The fourth-order valence-electron chi connectivity index (χ4n) is 1.77. The molecule has 1 saturated heterocycles. The maximum absolute atomic E-state index is 11.3. The summed E-state index contributed by atoms with van der Waals surface area (Å²) in [6.45, 7) is 4.00. The third-order valence-electron chi connectivity index (χ3n) is 2.50. The fourth-order valence-corrected chi connectivity index (χ4v) is 2.25. The molecule has 1 heterocycles. The maximum atomic E-state index is 11.3. The van der Waals surface area contributed by atoms with E-state index in [1.54, 1.807) is 0 Å². The van der Waals surface area contributed by atoms with E-state index in [1.807, 2.05) is 44.2 Å². The van der Waals surface area contributed by atoms with E-state index in [4.69, 9.17) is 23.2 Å². The van der Waals surface area contributed by atoms with Gasteiger partial charge in [0.25, 0.3) is 5.91 Å². The summed E-state index contributed by atoms with van der Waals surface area (Å²) in [4.78, 5) is 11.3. The lowest BCUT2D eigenvalue weighted by Crippen LogP contribution is -2.30. The lowest BCUT2D eigenvalue weighted by atomic mass is 10.0. The first-order chi connectivity index (χ1) is 9.08. The number of amides is 1. The molecule has 1 aromatic carbocycles. The normalized spacial score (nSPS) is 19.5. The maximum Gasteiger partial charge on any atom is 0.256 e. The monoisotopic (exact) mass is 323 g/mol. The number of nitrogens with one attached hydrogen (secondary N) is 1. The molecule has 0 spiro atoms. The molecule has 2 rings (SSSR count). The number of hydrogen-bond donors (Lipinski definition) is 1. The van der Waals surface area contributed by atoms with Gasteiger partial charge in [0.1, 0.15) is 0 Å². The summed E-state index contributed by atoms with van der Waals surface area (Å²) in [6, 6.07) is 9.99. The fraction of sp³-hybridized carbons (Fsp3) is 0.500. The molecule has 1 fully saturated rings. The highest BCUT2D eigenvalue weighted by Crippen LogP contribution is 2.33. The molecule has 0 aliphatic carbocycles. The van der Waals surface area contributed by atoms with Crippen molar-refractivity contribution in [1.82, 2.24) is 5.32 Å². The summed E-state index contributed by atoms with van der Waals surface area (Å²) < 4.78 is -1.25. The average Bonchev–Trinajstić information content (AvgIpc) is 2.68. The average molecular weight is 325 g/mol. The van der Waals surface area contributed by atoms with Gasteiger partial charge in [0.05, 0.1) is 0 Å². The highest BCUT2D eigenvalue weighted by molar-refractivity contribution is 6.58. The van der Waals surface area contributed by atoms with Crippen molar-refractivity contribution in [2.75, 3.05) is 6.38 Å². The minimum Gasteiger partial charge on any atom is -0.350 e. The zero-order valence-electron chi connectivity index (χ0n) is 11.4. The summed E-state index contributed by atoms with van der Waals surface area (Å²) in [5, 5.41) is 2.79. The smallest absolute Gasteiger partial charge is 0.256 e. The largest absolute Gasteiger partial charge is 0.350 e. The van der Waals surface area contributed by atoms with Gasteiger partial charge in [-0.3, -0.25) is 4.79 Å². The van der Waals surface area contributed by atoms with Crippen LogP contribution in [0.4, 0.5) is 0 Å². The third-order valence-corrected chi connectivity index (χ3v) is 3.15. The van der Waals surface area contributed by atoms with Gasteiger partial charge in [-0.25, -0.2) is 0 Å². The van der Waals surface area contributed by atoms with E-state index in [0.717, 1.165) is 6.42 Å².